The number of rotatable bonds is 2. The van der Waals surface area contributed by atoms with Gasteiger partial charge in [-0.2, -0.15) is 0 Å². The first-order valence-electron chi connectivity index (χ1n) is 5.04. The molecule has 90 valence electrons. The third kappa shape index (κ3) is 3.96. The van der Waals surface area contributed by atoms with Gasteiger partial charge in [0.15, 0.2) is 0 Å². The number of nitrogens with zero attached hydrogens (tertiary/aromatic N) is 3. The van der Waals surface area contributed by atoms with Crippen LogP contribution in [0.2, 0.25) is 0 Å². The Morgan fingerprint density at radius 2 is 2.25 bits per heavy atom. The van der Waals surface area contributed by atoms with Crippen LogP contribution in [0.4, 0.5) is 4.79 Å². The molecule has 2 atom stereocenters. The number of amides is 1. The Hall–Kier alpha value is -1.46. The molecule has 0 spiro atoms. The summed E-state index contributed by atoms with van der Waals surface area (Å²) in [4.78, 5) is 14.1. The number of ether oxygens (including phenoxy) is 2. The summed E-state index contributed by atoms with van der Waals surface area (Å²) in [6, 6.07) is -0.678. The molecule has 0 aliphatic carbocycles. The first-order chi connectivity index (χ1) is 7.42. The summed E-state index contributed by atoms with van der Waals surface area (Å²) in [5, 5.41) is 6.16. The molecule has 0 radical (unpaired) electrons. The normalized spacial score (nSPS) is 24.7. The Balaban J connectivity index is 2.47. The van der Waals surface area contributed by atoms with Gasteiger partial charge in [0, 0.05) is 4.91 Å². The van der Waals surface area contributed by atoms with Crippen LogP contribution in [0.3, 0.4) is 0 Å². The quantitative estimate of drug-likeness (QED) is 0.441. The van der Waals surface area contributed by atoms with E-state index < -0.39 is 11.7 Å². The van der Waals surface area contributed by atoms with Gasteiger partial charge in [0.1, 0.15) is 5.60 Å². The van der Waals surface area contributed by atoms with Crippen molar-refractivity contribution in [1.82, 2.24) is 5.32 Å². The Labute approximate surface area is 93.7 Å². The summed E-state index contributed by atoms with van der Waals surface area (Å²) in [5.74, 6) is 0. The van der Waals surface area contributed by atoms with Crippen molar-refractivity contribution in [1.29, 1.82) is 0 Å². The Morgan fingerprint density at radius 3 is 2.81 bits per heavy atom. The van der Waals surface area contributed by atoms with Crippen LogP contribution in [0.15, 0.2) is 5.11 Å². The molecule has 1 rings (SSSR count). The molecule has 0 unspecified atom stereocenters. The molecule has 1 aliphatic rings. The van der Waals surface area contributed by atoms with Crippen molar-refractivity contribution in [2.24, 2.45) is 5.11 Å². The molecule has 0 aromatic carbocycles. The minimum absolute atomic E-state index is 0.314. The van der Waals surface area contributed by atoms with Crippen LogP contribution in [0.1, 0.15) is 20.8 Å². The fourth-order valence-corrected chi connectivity index (χ4v) is 1.32. The van der Waals surface area contributed by atoms with E-state index in [4.69, 9.17) is 15.0 Å². The fraction of sp³-hybridized carbons (Fsp3) is 0.889. The SMILES string of the molecule is CC(C)(C)OC(=O)N[C@@H]1COC[C@H]1N=[N+]=[N-]. The number of nitrogens with one attached hydrogen (secondary N) is 1. The Kier molecular flexibility index (Phi) is 3.98. The third-order valence-corrected chi connectivity index (χ3v) is 1.95. The lowest BCUT2D eigenvalue weighted by atomic mass is 10.2. The highest BCUT2D eigenvalue weighted by Gasteiger charge is 2.30. The molecule has 7 nitrogen and oxygen atoms in total. The Bertz CT molecular complexity index is 306. The van der Waals surface area contributed by atoms with E-state index in [0.717, 1.165) is 0 Å². The lowest BCUT2D eigenvalue weighted by molar-refractivity contribution is 0.0496. The van der Waals surface area contributed by atoms with E-state index in [2.05, 4.69) is 15.3 Å². The molecule has 16 heavy (non-hydrogen) atoms. The van der Waals surface area contributed by atoms with Gasteiger partial charge < -0.3 is 14.8 Å². The smallest absolute Gasteiger partial charge is 0.407 e. The van der Waals surface area contributed by atoms with Crippen LogP contribution >= 0.6 is 0 Å². The number of hydrogen-bond donors (Lipinski definition) is 1. The van der Waals surface area contributed by atoms with Crippen molar-refractivity contribution in [3.8, 4) is 0 Å². The molecule has 1 heterocycles. The predicted molar refractivity (Wildman–Crippen MR) is 56.9 cm³/mol. The highest BCUT2D eigenvalue weighted by Crippen LogP contribution is 2.12. The largest absolute Gasteiger partial charge is 0.444 e. The summed E-state index contributed by atoms with van der Waals surface area (Å²) < 4.78 is 10.2. The second-order valence-corrected chi connectivity index (χ2v) is 4.56. The van der Waals surface area contributed by atoms with Gasteiger partial charge >= 0.3 is 6.09 Å². The van der Waals surface area contributed by atoms with Crippen molar-refractivity contribution in [3.63, 3.8) is 0 Å². The Morgan fingerprint density at radius 1 is 1.56 bits per heavy atom. The molecule has 0 aromatic heterocycles. The van der Waals surface area contributed by atoms with Crippen LogP contribution in [0, 0.1) is 0 Å². The second kappa shape index (κ2) is 5.05. The highest BCUT2D eigenvalue weighted by atomic mass is 16.6. The van der Waals surface area contributed by atoms with Crippen LogP contribution in [-0.4, -0.2) is 37.0 Å². The first kappa shape index (κ1) is 12.6. The highest BCUT2D eigenvalue weighted by molar-refractivity contribution is 5.68. The molecular weight excluding hydrogens is 212 g/mol. The molecule has 1 aliphatic heterocycles. The van der Waals surface area contributed by atoms with E-state index >= 15 is 0 Å². The zero-order chi connectivity index (χ0) is 12.2. The number of hydrogen-bond acceptors (Lipinski definition) is 4. The standard InChI is InChI=1S/C9H16N4O3/c1-9(2,3)16-8(14)11-6-4-15-5-7(6)12-13-10/h6-7H,4-5H2,1-3H3,(H,11,14)/t6-,7-/m1/s1. The van der Waals surface area contributed by atoms with E-state index in [-0.39, 0.29) is 12.1 Å². The van der Waals surface area contributed by atoms with E-state index in [0.29, 0.717) is 13.2 Å². The first-order valence-corrected chi connectivity index (χ1v) is 5.04. The second-order valence-electron chi connectivity index (χ2n) is 4.56. The number of carbonyl (C=O) groups excluding carboxylic acids is 1. The lowest BCUT2D eigenvalue weighted by Crippen LogP contribution is -2.44. The van der Waals surface area contributed by atoms with E-state index in [1.165, 1.54) is 0 Å². The summed E-state index contributed by atoms with van der Waals surface area (Å²) in [5.41, 5.74) is 7.78. The average molecular weight is 228 g/mol. The van der Waals surface area contributed by atoms with Crippen molar-refractivity contribution in [3.05, 3.63) is 10.4 Å². The van der Waals surface area contributed by atoms with Gasteiger partial charge in [-0.1, -0.05) is 5.11 Å². The molecular formula is C9H16N4O3. The number of azide groups is 1. The zero-order valence-electron chi connectivity index (χ0n) is 9.64. The zero-order valence-corrected chi connectivity index (χ0v) is 9.64. The van der Waals surface area contributed by atoms with Gasteiger partial charge in [-0.3, -0.25) is 0 Å². The van der Waals surface area contributed by atoms with Crippen LogP contribution in [0.5, 0.6) is 0 Å². The van der Waals surface area contributed by atoms with Crippen molar-refractivity contribution in [2.45, 2.75) is 38.5 Å². The molecule has 1 amide bonds. The minimum Gasteiger partial charge on any atom is -0.444 e. The lowest BCUT2D eigenvalue weighted by Gasteiger charge is -2.22. The monoisotopic (exact) mass is 228 g/mol. The predicted octanol–water partition coefficient (Wildman–Crippen LogP) is 1.59. The topological polar surface area (TPSA) is 96.3 Å². The van der Waals surface area contributed by atoms with Crippen LogP contribution in [0.25, 0.3) is 10.4 Å². The number of carbonyl (C=O) groups is 1. The summed E-state index contributed by atoms with van der Waals surface area (Å²) in [7, 11) is 0. The average Bonchev–Trinajstić information content (AvgIpc) is 2.50. The molecule has 1 N–H and O–H groups in total. The van der Waals surface area contributed by atoms with E-state index in [9.17, 15) is 4.79 Å². The van der Waals surface area contributed by atoms with Gasteiger partial charge in [-0.25, -0.2) is 4.79 Å². The maximum atomic E-state index is 11.4. The van der Waals surface area contributed by atoms with Crippen molar-refractivity contribution < 1.29 is 14.3 Å². The maximum Gasteiger partial charge on any atom is 0.407 e. The fourth-order valence-electron chi connectivity index (χ4n) is 1.32. The third-order valence-electron chi connectivity index (χ3n) is 1.95. The summed E-state index contributed by atoms with van der Waals surface area (Å²) in [6.45, 7) is 6.00. The molecule has 0 bridgehead atoms. The molecule has 0 aromatic rings. The van der Waals surface area contributed by atoms with Crippen molar-refractivity contribution >= 4 is 6.09 Å². The van der Waals surface area contributed by atoms with Gasteiger partial charge in [0.05, 0.1) is 25.3 Å². The molecule has 7 heteroatoms. The van der Waals surface area contributed by atoms with Crippen LogP contribution in [-0.2, 0) is 9.47 Å². The van der Waals surface area contributed by atoms with Crippen LogP contribution < -0.4 is 5.32 Å². The molecule has 1 saturated heterocycles. The molecule has 0 saturated carbocycles. The molecule has 1 fully saturated rings. The minimum atomic E-state index is -0.544. The van der Waals surface area contributed by atoms with E-state index in [1.807, 2.05) is 0 Å². The summed E-state index contributed by atoms with van der Waals surface area (Å²) in [6.07, 6.45) is -0.527. The summed E-state index contributed by atoms with van der Waals surface area (Å²) >= 11 is 0. The van der Waals surface area contributed by atoms with Gasteiger partial charge in [-0.15, -0.1) is 0 Å². The van der Waals surface area contributed by atoms with E-state index in [1.54, 1.807) is 20.8 Å². The maximum absolute atomic E-state index is 11.4. The van der Waals surface area contributed by atoms with Gasteiger partial charge in [-0.05, 0) is 26.3 Å². The van der Waals surface area contributed by atoms with Crippen molar-refractivity contribution in [2.75, 3.05) is 13.2 Å². The number of alkyl carbamates (subject to hydrolysis) is 1. The van der Waals surface area contributed by atoms with Gasteiger partial charge in [0.25, 0.3) is 0 Å². The van der Waals surface area contributed by atoms with Gasteiger partial charge in [0.2, 0.25) is 0 Å².